The number of allylic oxidation sites excluding steroid dienone is 6. The van der Waals surface area contributed by atoms with Crippen LogP contribution in [0.2, 0.25) is 0 Å². The predicted octanol–water partition coefficient (Wildman–Crippen LogP) is 9.82. The van der Waals surface area contributed by atoms with Gasteiger partial charge in [0.05, 0.1) is 34.8 Å². The highest BCUT2D eigenvalue weighted by Crippen LogP contribution is 2.62. The molecule has 46 heavy (non-hydrogen) atoms. The minimum atomic E-state index is -0.143. The Morgan fingerprint density at radius 2 is 1.74 bits per heavy atom. The quantitative estimate of drug-likeness (QED) is 0.204. The molecule has 4 unspecified atom stereocenters. The van der Waals surface area contributed by atoms with Crippen LogP contribution >= 0.6 is 0 Å². The fourth-order valence-electron chi connectivity index (χ4n) is 8.91. The molecule has 4 aliphatic carbocycles. The molecule has 0 aliphatic heterocycles. The molecule has 4 nitrogen and oxygen atoms in total. The minimum absolute atomic E-state index is 0.00635. The first-order valence-corrected chi connectivity index (χ1v) is 16.2. The Morgan fingerprint density at radius 1 is 0.870 bits per heavy atom. The van der Waals surface area contributed by atoms with Crippen molar-refractivity contribution in [2.45, 2.75) is 50.9 Å². The van der Waals surface area contributed by atoms with Crippen molar-refractivity contribution >= 4 is 34.0 Å². The second-order valence-corrected chi connectivity index (χ2v) is 14.0. The maximum absolute atomic E-state index is 10.4. The molecule has 2 aromatic heterocycles. The van der Waals surface area contributed by atoms with Gasteiger partial charge in [0.15, 0.2) is 0 Å². The second-order valence-electron chi connectivity index (χ2n) is 14.0. The number of furan rings is 1. The van der Waals surface area contributed by atoms with Gasteiger partial charge in [-0.1, -0.05) is 81.5 Å². The molecule has 0 radical (unpaired) electrons. The molecule has 4 atom stereocenters. The first kappa shape index (κ1) is 27.0. The molecule has 9 rings (SSSR count). The standard InChI is InChI=1S/C42H33N3O/c1-41(2)34-22-39-31(21-32(34)33-11-6-7-18-42(33,41)3)30-20-26(15-17-38(30)46-39)40-27(24-44)9-8-13-37(40)45-35-12-5-4-10-28(35)29-19-25(23-43)14-16-36(29)45/h4-18,21-22,25-26,33H,19-20H2,1-3H3. The number of benzene rings is 3. The molecule has 3 aromatic carbocycles. The van der Waals surface area contributed by atoms with Gasteiger partial charge in [0, 0.05) is 44.8 Å². The third kappa shape index (κ3) is 3.42. The smallest absolute Gasteiger partial charge is 0.135 e. The summed E-state index contributed by atoms with van der Waals surface area (Å²) >= 11 is 0. The highest BCUT2D eigenvalue weighted by Gasteiger charge is 2.53. The number of hydrogen-bond donors (Lipinski definition) is 0. The lowest BCUT2D eigenvalue weighted by Gasteiger charge is -2.41. The van der Waals surface area contributed by atoms with Gasteiger partial charge in [-0.15, -0.1) is 0 Å². The highest BCUT2D eigenvalue weighted by atomic mass is 16.3. The zero-order valence-corrected chi connectivity index (χ0v) is 26.2. The lowest BCUT2D eigenvalue weighted by Crippen LogP contribution is -2.36. The molecule has 0 fully saturated rings. The van der Waals surface area contributed by atoms with Crippen LogP contribution < -0.4 is 0 Å². The van der Waals surface area contributed by atoms with Gasteiger partial charge in [-0.2, -0.15) is 10.5 Å². The van der Waals surface area contributed by atoms with Crippen molar-refractivity contribution in [3.63, 3.8) is 0 Å². The Bertz CT molecular complexity index is 2360. The molecule has 0 bridgehead atoms. The first-order valence-electron chi connectivity index (χ1n) is 16.2. The van der Waals surface area contributed by atoms with Gasteiger partial charge in [-0.05, 0) is 77.4 Å². The average Bonchev–Trinajstić information content (AvgIpc) is 3.66. The van der Waals surface area contributed by atoms with Gasteiger partial charge >= 0.3 is 0 Å². The number of para-hydroxylation sites is 1. The zero-order valence-electron chi connectivity index (χ0n) is 26.2. The maximum atomic E-state index is 10.4. The van der Waals surface area contributed by atoms with E-state index >= 15 is 0 Å². The fraction of sp³-hybridized carbons (Fsp3) is 0.238. The van der Waals surface area contributed by atoms with Gasteiger partial charge in [-0.25, -0.2) is 0 Å². The lowest BCUT2D eigenvalue weighted by atomic mass is 9.62. The molecule has 0 saturated heterocycles. The third-order valence-corrected chi connectivity index (χ3v) is 11.7. The monoisotopic (exact) mass is 595 g/mol. The zero-order chi connectivity index (χ0) is 31.4. The summed E-state index contributed by atoms with van der Waals surface area (Å²) in [4.78, 5) is 0. The Kier molecular flexibility index (Phi) is 5.49. The Balaban J connectivity index is 1.21. The van der Waals surface area contributed by atoms with Crippen LogP contribution in [0, 0.1) is 34.0 Å². The van der Waals surface area contributed by atoms with E-state index in [1.54, 1.807) is 0 Å². The molecule has 0 saturated carbocycles. The largest absolute Gasteiger partial charge is 0.456 e. The molecule has 222 valence electrons. The topological polar surface area (TPSA) is 65.7 Å². The number of nitriles is 2. The van der Waals surface area contributed by atoms with E-state index in [-0.39, 0.29) is 22.7 Å². The van der Waals surface area contributed by atoms with Crippen LogP contribution in [0.5, 0.6) is 0 Å². The van der Waals surface area contributed by atoms with E-state index in [0.717, 1.165) is 45.6 Å². The van der Waals surface area contributed by atoms with E-state index < -0.39 is 0 Å². The van der Waals surface area contributed by atoms with Gasteiger partial charge < -0.3 is 8.98 Å². The summed E-state index contributed by atoms with van der Waals surface area (Å²) in [5, 5.41) is 22.5. The van der Waals surface area contributed by atoms with E-state index in [4.69, 9.17) is 4.42 Å². The SMILES string of the molecule is CC1(C)c2cc3oc4c(c3cc2C2C=CC=CC21C)CC(c1c(C#N)cccc1-n1c2c(c3ccccc31)CC(C#N)C=C2)C=C4. The average molecular weight is 596 g/mol. The van der Waals surface area contributed by atoms with Crippen molar-refractivity contribution in [2.75, 3.05) is 0 Å². The number of rotatable bonds is 2. The van der Waals surface area contributed by atoms with Gasteiger partial charge in [0.25, 0.3) is 0 Å². The molecule has 0 spiro atoms. The van der Waals surface area contributed by atoms with E-state index in [9.17, 15) is 10.5 Å². The number of hydrogen-bond acceptors (Lipinski definition) is 3. The third-order valence-electron chi connectivity index (χ3n) is 11.7. The minimum Gasteiger partial charge on any atom is -0.456 e. The molecule has 2 heterocycles. The summed E-state index contributed by atoms with van der Waals surface area (Å²) in [5.74, 6) is 1.08. The summed E-state index contributed by atoms with van der Waals surface area (Å²) in [6.07, 6.45) is 19.0. The van der Waals surface area contributed by atoms with Gasteiger partial charge in [-0.3, -0.25) is 0 Å². The molecular formula is C42H33N3O. The first-order chi connectivity index (χ1) is 22.3. The number of aromatic nitrogens is 1. The van der Waals surface area contributed by atoms with Crippen molar-refractivity contribution < 1.29 is 4.42 Å². The highest BCUT2D eigenvalue weighted by molar-refractivity contribution is 5.92. The molecule has 5 aromatic rings. The van der Waals surface area contributed by atoms with Crippen LogP contribution in [0.1, 0.15) is 77.4 Å². The Morgan fingerprint density at radius 3 is 2.59 bits per heavy atom. The molecular weight excluding hydrogens is 562 g/mol. The maximum Gasteiger partial charge on any atom is 0.135 e. The summed E-state index contributed by atoms with van der Waals surface area (Å²) in [6, 6.07) is 24.2. The van der Waals surface area contributed by atoms with Gasteiger partial charge in [0.1, 0.15) is 11.3 Å². The van der Waals surface area contributed by atoms with Crippen LogP contribution in [0.3, 0.4) is 0 Å². The van der Waals surface area contributed by atoms with Crippen LogP contribution in [-0.4, -0.2) is 4.57 Å². The van der Waals surface area contributed by atoms with Crippen molar-refractivity contribution in [1.29, 1.82) is 10.5 Å². The van der Waals surface area contributed by atoms with Crippen LogP contribution in [0.25, 0.3) is 39.7 Å². The van der Waals surface area contributed by atoms with Gasteiger partial charge in [0.2, 0.25) is 0 Å². The van der Waals surface area contributed by atoms with Crippen LogP contribution in [0.15, 0.2) is 95.5 Å². The van der Waals surface area contributed by atoms with Crippen molar-refractivity contribution in [3.8, 4) is 17.8 Å². The summed E-state index contributed by atoms with van der Waals surface area (Å²) in [7, 11) is 0. The van der Waals surface area contributed by atoms with Crippen LogP contribution in [-0.2, 0) is 18.3 Å². The summed E-state index contributed by atoms with van der Waals surface area (Å²) in [5.41, 5.74) is 11.0. The molecule has 4 aliphatic rings. The molecule has 0 N–H and O–H groups in total. The number of fused-ring (bicyclic) bond motifs is 9. The molecule has 0 amide bonds. The van der Waals surface area contributed by atoms with E-state index in [0.29, 0.717) is 17.9 Å². The Hall–Kier alpha value is -5.32. The summed E-state index contributed by atoms with van der Waals surface area (Å²) < 4.78 is 8.87. The molecule has 4 heteroatoms. The van der Waals surface area contributed by atoms with Crippen molar-refractivity contribution in [3.05, 3.63) is 136 Å². The van der Waals surface area contributed by atoms with Crippen molar-refractivity contribution in [1.82, 2.24) is 4.57 Å². The van der Waals surface area contributed by atoms with Crippen LogP contribution in [0.4, 0.5) is 0 Å². The lowest BCUT2D eigenvalue weighted by molar-refractivity contribution is 0.244. The Labute approximate surface area is 268 Å². The van der Waals surface area contributed by atoms with E-state index in [2.05, 4.69) is 122 Å². The predicted molar refractivity (Wildman–Crippen MR) is 184 cm³/mol. The normalized spacial score (nSPS) is 24.8. The van der Waals surface area contributed by atoms with Crippen molar-refractivity contribution in [2.24, 2.45) is 11.3 Å². The summed E-state index contributed by atoms with van der Waals surface area (Å²) in [6.45, 7) is 7.10. The second kappa shape index (κ2) is 9.35. The number of nitrogens with zero attached hydrogens (tertiary/aromatic N) is 3. The van der Waals surface area contributed by atoms with E-state index in [1.807, 2.05) is 18.2 Å². The fourth-order valence-corrected chi connectivity index (χ4v) is 8.91. The van der Waals surface area contributed by atoms with E-state index in [1.165, 1.54) is 27.6 Å².